The van der Waals surface area contributed by atoms with Crippen LogP contribution < -0.4 is 5.32 Å². The van der Waals surface area contributed by atoms with Crippen LogP contribution in [0.4, 0.5) is 0 Å². The number of amides is 2. The van der Waals surface area contributed by atoms with Crippen LogP contribution in [-0.4, -0.2) is 48.9 Å². The van der Waals surface area contributed by atoms with E-state index in [4.69, 9.17) is 16.3 Å². The molecule has 0 spiro atoms. The minimum Gasteiger partial charge on any atom is -0.466 e. The molecule has 0 fully saturated rings. The average Bonchev–Trinajstić information content (AvgIpc) is 2.57. The summed E-state index contributed by atoms with van der Waals surface area (Å²) in [5, 5.41) is 3.26. The summed E-state index contributed by atoms with van der Waals surface area (Å²) >= 11 is 5.83. The zero-order valence-electron chi connectivity index (χ0n) is 14.5. The Morgan fingerprint density at radius 3 is 2.48 bits per heavy atom. The largest absolute Gasteiger partial charge is 0.466 e. The third-order valence-corrected chi connectivity index (χ3v) is 3.50. The lowest BCUT2D eigenvalue weighted by Crippen LogP contribution is -2.38. The molecular formula is C18H23ClN2O4. The Labute approximate surface area is 152 Å². The standard InChI is InChI=1S/C18H23ClN2O4/c1-3-25-18(24)10-12-21(13-11-20-14(2)22)17(23)9-6-15-4-7-16(19)8-5-15/h4-9H,3,10-13H2,1-2H3,(H,20,22)/b9-6+. The second-order valence-corrected chi connectivity index (χ2v) is 5.68. The summed E-state index contributed by atoms with van der Waals surface area (Å²) in [6, 6.07) is 7.07. The Balaban J connectivity index is 2.67. The van der Waals surface area contributed by atoms with Crippen molar-refractivity contribution in [1.29, 1.82) is 0 Å². The van der Waals surface area contributed by atoms with Gasteiger partial charge in [-0.1, -0.05) is 23.7 Å². The number of hydrogen-bond acceptors (Lipinski definition) is 4. The summed E-state index contributed by atoms with van der Waals surface area (Å²) in [5.41, 5.74) is 0.838. The summed E-state index contributed by atoms with van der Waals surface area (Å²) in [6.45, 7) is 4.29. The number of halogens is 1. The molecule has 1 N–H and O–H groups in total. The number of nitrogens with one attached hydrogen (secondary N) is 1. The van der Waals surface area contributed by atoms with Crippen LogP contribution in [0.15, 0.2) is 30.3 Å². The molecule has 0 saturated carbocycles. The van der Waals surface area contributed by atoms with Crippen LogP contribution in [0.3, 0.4) is 0 Å². The Kier molecular flexibility index (Phi) is 9.32. The lowest BCUT2D eigenvalue weighted by Gasteiger charge is -2.21. The number of carbonyl (C=O) groups is 3. The quantitative estimate of drug-likeness (QED) is 0.537. The second-order valence-electron chi connectivity index (χ2n) is 5.25. The topological polar surface area (TPSA) is 75.7 Å². The fraction of sp³-hybridized carbons (Fsp3) is 0.389. The van der Waals surface area contributed by atoms with Gasteiger partial charge >= 0.3 is 5.97 Å². The molecule has 0 saturated heterocycles. The predicted octanol–water partition coefficient (Wildman–Crippen LogP) is 2.27. The summed E-state index contributed by atoms with van der Waals surface area (Å²) in [5.74, 6) is -0.777. The molecule has 1 aromatic carbocycles. The monoisotopic (exact) mass is 366 g/mol. The van der Waals surface area contributed by atoms with E-state index in [9.17, 15) is 14.4 Å². The molecule has 0 aromatic heterocycles. The fourth-order valence-electron chi connectivity index (χ4n) is 2.01. The second kappa shape index (κ2) is 11.3. The average molecular weight is 367 g/mol. The van der Waals surface area contributed by atoms with Gasteiger partial charge in [-0.25, -0.2) is 0 Å². The lowest BCUT2D eigenvalue weighted by atomic mass is 10.2. The van der Waals surface area contributed by atoms with E-state index in [1.165, 1.54) is 17.9 Å². The first-order valence-corrected chi connectivity index (χ1v) is 8.42. The minimum absolute atomic E-state index is 0.106. The Bertz CT molecular complexity index is 614. The van der Waals surface area contributed by atoms with Gasteiger partial charge in [0.05, 0.1) is 13.0 Å². The summed E-state index contributed by atoms with van der Waals surface area (Å²) in [4.78, 5) is 36.4. The van der Waals surface area contributed by atoms with E-state index in [1.807, 2.05) is 0 Å². The van der Waals surface area contributed by atoms with E-state index in [-0.39, 0.29) is 30.7 Å². The molecule has 136 valence electrons. The van der Waals surface area contributed by atoms with Crippen LogP contribution in [0.25, 0.3) is 6.08 Å². The lowest BCUT2D eigenvalue weighted by molar-refractivity contribution is -0.143. The molecular weight excluding hydrogens is 344 g/mol. The summed E-state index contributed by atoms with van der Waals surface area (Å²) in [6.07, 6.45) is 3.21. The predicted molar refractivity (Wildman–Crippen MR) is 97.0 cm³/mol. The van der Waals surface area contributed by atoms with Gasteiger partial charge in [0.15, 0.2) is 0 Å². The smallest absolute Gasteiger partial charge is 0.307 e. The van der Waals surface area contributed by atoms with E-state index in [0.29, 0.717) is 24.7 Å². The van der Waals surface area contributed by atoms with Crippen molar-refractivity contribution in [2.45, 2.75) is 20.3 Å². The number of benzene rings is 1. The van der Waals surface area contributed by atoms with Crippen molar-refractivity contribution in [2.24, 2.45) is 0 Å². The number of rotatable bonds is 9. The normalized spacial score (nSPS) is 10.5. The molecule has 0 bridgehead atoms. The summed E-state index contributed by atoms with van der Waals surface area (Å²) in [7, 11) is 0. The first-order valence-electron chi connectivity index (χ1n) is 8.05. The van der Waals surface area contributed by atoms with Crippen LogP contribution in [0, 0.1) is 0 Å². The Morgan fingerprint density at radius 2 is 1.88 bits per heavy atom. The van der Waals surface area contributed by atoms with E-state index >= 15 is 0 Å². The molecule has 1 aromatic rings. The molecule has 25 heavy (non-hydrogen) atoms. The third-order valence-electron chi connectivity index (χ3n) is 3.25. The fourth-order valence-corrected chi connectivity index (χ4v) is 2.13. The van der Waals surface area contributed by atoms with Gasteiger partial charge in [0, 0.05) is 37.7 Å². The molecule has 0 radical (unpaired) electrons. The molecule has 0 aliphatic heterocycles. The van der Waals surface area contributed by atoms with Crippen molar-refractivity contribution in [2.75, 3.05) is 26.2 Å². The number of hydrogen-bond donors (Lipinski definition) is 1. The highest BCUT2D eigenvalue weighted by molar-refractivity contribution is 6.30. The molecule has 0 aliphatic rings. The van der Waals surface area contributed by atoms with Crippen molar-refractivity contribution in [1.82, 2.24) is 10.2 Å². The van der Waals surface area contributed by atoms with Crippen LogP contribution in [0.1, 0.15) is 25.8 Å². The van der Waals surface area contributed by atoms with E-state index in [2.05, 4.69) is 5.32 Å². The van der Waals surface area contributed by atoms with E-state index in [1.54, 1.807) is 37.3 Å². The van der Waals surface area contributed by atoms with Gasteiger partial charge in [-0.05, 0) is 30.7 Å². The maximum Gasteiger partial charge on any atom is 0.307 e. The zero-order chi connectivity index (χ0) is 18.7. The molecule has 0 heterocycles. The molecule has 2 amide bonds. The zero-order valence-corrected chi connectivity index (χ0v) is 15.2. The maximum absolute atomic E-state index is 12.4. The van der Waals surface area contributed by atoms with Gasteiger partial charge in [0.1, 0.15) is 0 Å². The molecule has 6 nitrogen and oxygen atoms in total. The SMILES string of the molecule is CCOC(=O)CCN(CCNC(C)=O)C(=O)/C=C/c1ccc(Cl)cc1. The maximum atomic E-state index is 12.4. The van der Waals surface area contributed by atoms with Crippen LogP contribution in [0.5, 0.6) is 0 Å². The number of carbonyl (C=O) groups excluding carboxylic acids is 3. The van der Waals surface area contributed by atoms with Gasteiger partial charge in [-0.2, -0.15) is 0 Å². The number of esters is 1. The first kappa shape index (κ1) is 20.7. The number of ether oxygens (including phenoxy) is 1. The van der Waals surface area contributed by atoms with Crippen LogP contribution in [0.2, 0.25) is 5.02 Å². The van der Waals surface area contributed by atoms with Crippen molar-refractivity contribution < 1.29 is 19.1 Å². The highest BCUT2D eigenvalue weighted by atomic mass is 35.5. The first-order chi connectivity index (χ1) is 11.9. The van der Waals surface area contributed by atoms with E-state index < -0.39 is 0 Å². The molecule has 0 atom stereocenters. The van der Waals surface area contributed by atoms with Crippen molar-refractivity contribution in [3.63, 3.8) is 0 Å². The molecule has 1 rings (SSSR count). The Hall–Kier alpha value is -2.34. The minimum atomic E-state index is -0.360. The van der Waals surface area contributed by atoms with Crippen molar-refractivity contribution in [3.05, 3.63) is 40.9 Å². The summed E-state index contributed by atoms with van der Waals surface area (Å²) < 4.78 is 4.88. The van der Waals surface area contributed by atoms with Crippen LogP contribution in [-0.2, 0) is 19.1 Å². The molecule has 7 heteroatoms. The van der Waals surface area contributed by atoms with Gasteiger partial charge in [0.2, 0.25) is 11.8 Å². The highest BCUT2D eigenvalue weighted by Gasteiger charge is 2.13. The van der Waals surface area contributed by atoms with Gasteiger partial charge in [0.25, 0.3) is 0 Å². The van der Waals surface area contributed by atoms with Gasteiger partial charge in [-0.3, -0.25) is 14.4 Å². The molecule has 0 unspecified atom stereocenters. The Morgan fingerprint density at radius 1 is 1.20 bits per heavy atom. The van der Waals surface area contributed by atoms with Gasteiger partial charge < -0.3 is 15.0 Å². The molecule has 0 aliphatic carbocycles. The number of nitrogens with zero attached hydrogens (tertiary/aromatic N) is 1. The highest BCUT2D eigenvalue weighted by Crippen LogP contribution is 2.10. The van der Waals surface area contributed by atoms with Crippen molar-refractivity contribution in [3.8, 4) is 0 Å². The van der Waals surface area contributed by atoms with Gasteiger partial charge in [-0.15, -0.1) is 0 Å². The third kappa shape index (κ3) is 8.91. The van der Waals surface area contributed by atoms with Crippen molar-refractivity contribution >= 4 is 35.5 Å². The van der Waals surface area contributed by atoms with E-state index in [0.717, 1.165) is 5.56 Å². The van der Waals surface area contributed by atoms with Crippen LogP contribution >= 0.6 is 11.6 Å².